The molecule has 23 heavy (non-hydrogen) atoms. The van der Waals surface area contributed by atoms with Crippen molar-refractivity contribution in [2.24, 2.45) is 0 Å². The first-order valence-electron chi connectivity index (χ1n) is 8.14. The number of thiophene rings is 1. The molecule has 1 heterocycles. The van der Waals surface area contributed by atoms with Crippen LogP contribution in [0.25, 0.3) is 0 Å². The van der Waals surface area contributed by atoms with Crippen molar-refractivity contribution < 1.29 is 19.1 Å². The van der Waals surface area contributed by atoms with E-state index in [-0.39, 0.29) is 11.0 Å². The lowest BCUT2D eigenvalue weighted by atomic mass is 10.2. The SMILES string of the molecule is CCOC(=O)c1ccc(CCC(O)CO[Si](C)(C)C(C)(C)C)s1. The van der Waals surface area contributed by atoms with Crippen LogP contribution in [0.2, 0.25) is 18.1 Å². The minimum absolute atomic E-state index is 0.148. The summed E-state index contributed by atoms with van der Waals surface area (Å²) in [5, 5.41) is 10.3. The van der Waals surface area contributed by atoms with Crippen LogP contribution in [-0.4, -0.2) is 38.7 Å². The van der Waals surface area contributed by atoms with Crippen molar-refractivity contribution in [3.8, 4) is 0 Å². The van der Waals surface area contributed by atoms with Gasteiger partial charge in [-0.2, -0.15) is 0 Å². The molecule has 1 atom stereocenters. The van der Waals surface area contributed by atoms with E-state index in [9.17, 15) is 9.90 Å². The van der Waals surface area contributed by atoms with Gasteiger partial charge < -0.3 is 14.3 Å². The monoisotopic (exact) mass is 358 g/mol. The van der Waals surface area contributed by atoms with Crippen molar-refractivity contribution in [2.45, 2.75) is 64.8 Å². The molecule has 0 aliphatic rings. The maximum Gasteiger partial charge on any atom is 0.348 e. The van der Waals surface area contributed by atoms with Gasteiger partial charge in [-0.15, -0.1) is 11.3 Å². The second-order valence-electron chi connectivity index (χ2n) is 7.25. The molecule has 0 saturated heterocycles. The van der Waals surface area contributed by atoms with Crippen LogP contribution in [0.1, 0.15) is 48.7 Å². The van der Waals surface area contributed by atoms with Crippen LogP contribution in [0, 0.1) is 0 Å². The highest BCUT2D eigenvalue weighted by Gasteiger charge is 2.37. The quantitative estimate of drug-likeness (QED) is 0.558. The first kappa shape index (κ1) is 20.4. The van der Waals surface area contributed by atoms with E-state index in [1.54, 1.807) is 13.0 Å². The zero-order valence-corrected chi connectivity index (χ0v) is 17.0. The first-order valence-corrected chi connectivity index (χ1v) is 11.9. The smallest absolute Gasteiger partial charge is 0.348 e. The van der Waals surface area contributed by atoms with E-state index in [1.807, 2.05) is 6.07 Å². The molecule has 1 aromatic rings. The number of carbonyl (C=O) groups excluding carboxylic acids is 1. The van der Waals surface area contributed by atoms with Crippen LogP contribution in [0.4, 0.5) is 0 Å². The zero-order chi connectivity index (χ0) is 17.7. The maximum atomic E-state index is 11.6. The predicted molar refractivity (Wildman–Crippen MR) is 97.8 cm³/mol. The topological polar surface area (TPSA) is 55.8 Å². The zero-order valence-electron chi connectivity index (χ0n) is 15.1. The second-order valence-corrected chi connectivity index (χ2v) is 13.2. The Morgan fingerprint density at radius 3 is 2.57 bits per heavy atom. The van der Waals surface area contributed by atoms with Crippen molar-refractivity contribution in [3.05, 3.63) is 21.9 Å². The fourth-order valence-electron chi connectivity index (χ4n) is 1.74. The fraction of sp³-hybridized carbons (Fsp3) is 0.706. The fourth-order valence-corrected chi connectivity index (χ4v) is 3.70. The molecule has 0 amide bonds. The van der Waals surface area contributed by atoms with Gasteiger partial charge in [0, 0.05) is 4.88 Å². The van der Waals surface area contributed by atoms with Crippen molar-refractivity contribution in [2.75, 3.05) is 13.2 Å². The minimum Gasteiger partial charge on any atom is -0.462 e. The van der Waals surface area contributed by atoms with Gasteiger partial charge in [0.1, 0.15) is 4.88 Å². The summed E-state index contributed by atoms with van der Waals surface area (Å²) in [4.78, 5) is 13.3. The van der Waals surface area contributed by atoms with Gasteiger partial charge in [-0.3, -0.25) is 0 Å². The van der Waals surface area contributed by atoms with Gasteiger partial charge in [-0.05, 0) is 50.0 Å². The summed E-state index contributed by atoms with van der Waals surface area (Å²) in [6.45, 7) is 13.5. The van der Waals surface area contributed by atoms with Crippen LogP contribution >= 0.6 is 11.3 Å². The molecule has 0 fully saturated rings. The summed E-state index contributed by atoms with van der Waals surface area (Å²) in [5.41, 5.74) is 0. The summed E-state index contributed by atoms with van der Waals surface area (Å²) >= 11 is 1.43. The van der Waals surface area contributed by atoms with E-state index in [2.05, 4.69) is 33.9 Å². The van der Waals surface area contributed by atoms with Crippen molar-refractivity contribution in [1.29, 1.82) is 0 Å². The van der Waals surface area contributed by atoms with Crippen molar-refractivity contribution >= 4 is 25.6 Å². The third-order valence-corrected chi connectivity index (χ3v) is 9.93. The lowest BCUT2D eigenvalue weighted by molar-refractivity contribution is 0.0532. The molecule has 0 aliphatic heterocycles. The largest absolute Gasteiger partial charge is 0.462 e. The number of carbonyl (C=O) groups is 1. The van der Waals surface area contributed by atoms with E-state index in [0.717, 1.165) is 11.3 Å². The third kappa shape index (κ3) is 6.37. The molecule has 132 valence electrons. The van der Waals surface area contributed by atoms with Crippen LogP contribution < -0.4 is 0 Å². The van der Waals surface area contributed by atoms with Gasteiger partial charge in [0.15, 0.2) is 8.32 Å². The highest BCUT2D eigenvalue weighted by atomic mass is 32.1. The molecular formula is C17H30O4SSi. The van der Waals surface area contributed by atoms with Crippen LogP contribution in [-0.2, 0) is 15.6 Å². The molecular weight excluding hydrogens is 328 g/mol. The standard InChI is InChI=1S/C17H30O4SSi/c1-7-20-16(19)15-11-10-14(22-15)9-8-13(18)12-21-23(5,6)17(2,3)4/h10-11,13,18H,7-9,12H2,1-6H3. The lowest BCUT2D eigenvalue weighted by Gasteiger charge is -2.36. The summed E-state index contributed by atoms with van der Waals surface area (Å²) in [7, 11) is -1.81. The van der Waals surface area contributed by atoms with E-state index in [0.29, 0.717) is 24.5 Å². The predicted octanol–water partition coefficient (Wildman–Crippen LogP) is 4.24. The molecule has 0 radical (unpaired) electrons. The molecule has 1 unspecified atom stereocenters. The van der Waals surface area contributed by atoms with E-state index >= 15 is 0 Å². The summed E-state index contributed by atoms with van der Waals surface area (Å²) in [6, 6.07) is 3.72. The van der Waals surface area contributed by atoms with Gasteiger partial charge in [0.05, 0.1) is 19.3 Å². The number of hydrogen-bond donors (Lipinski definition) is 1. The molecule has 1 rings (SSSR count). The second kappa shape index (κ2) is 8.42. The molecule has 0 aliphatic carbocycles. The first-order chi connectivity index (χ1) is 10.6. The number of rotatable bonds is 8. The number of esters is 1. The Kier molecular flexibility index (Phi) is 7.45. The minimum atomic E-state index is -1.81. The number of aliphatic hydroxyl groups is 1. The summed E-state index contributed by atoms with van der Waals surface area (Å²) in [6.07, 6.45) is 0.904. The van der Waals surface area contributed by atoms with Crippen molar-refractivity contribution in [1.82, 2.24) is 0 Å². The summed E-state index contributed by atoms with van der Waals surface area (Å²) in [5.74, 6) is -0.273. The highest BCUT2D eigenvalue weighted by molar-refractivity contribution is 7.13. The van der Waals surface area contributed by atoms with Crippen molar-refractivity contribution in [3.63, 3.8) is 0 Å². The number of hydrogen-bond acceptors (Lipinski definition) is 5. The van der Waals surface area contributed by atoms with E-state index in [4.69, 9.17) is 9.16 Å². The average Bonchev–Trinajstić information content (AvgIpc) is 2.91. The molecule has 6 heteroatoms. The molecule has 0 bridgehead atoms. The number of aryl methyl sites for hydroxylation is 1. The normalized spacial score (nSPS) is 13.9. The van der Waals surface area contributed by atoms with Crippen LogP contribution in [0.5, 0.6) is 0 Å². The Labute approximate surface area is 145 Å². The molecule has 1 aromatic heterocycles. The highest BCUT2D eigenvalue weighted by Crippen LogP contribution is 2.36. The van der Waals surface area contributed by atoms with E-state index in [1.165, 1.54) is 11.3 Å². The van der Waals surface area contributed by atoms with Gasteiger partial charge >= 0.3 is 5.97 Å². The Bertz CT molecular complexity index is 505. The van der Waals surface area contributed by atoms with E-state index < -0.39 is 14.4 Å². The van der Waals surface area contributed by atoms with Gasteiger partial charge in [-0.1, -0.05) is 20.8 Å². The lowest BCUT2D eigenvalue weighted by Crippen LogP contribution is -2.42. The molecule has 0 aromatic carbocycles. The van der Waals surface area contributed by atoms with Gasteiger partial charge in [-0.25, -0.2) is 4.79 Å². The Morgan fingerprint density at radius 1 is 1.35 bits per heavy atom. The number of aliphatic hydroxyl groups excluding tert-OH is 1. The molecule has 4 nitrogen and oxygen atoms in total. The number of ether oxygens (including phenoxy) is 1. The Balaban J connectivity index is 2.42. The molecule has 1 N–H and O–H groups in total. The Morgan fingerprint density at radius 2 is 2.00 bits per heavy atom. The third-order valence-electron chi connectivity index (χ3n) is 4.30. The van der Waals surface area contributed by atoms with Crippen LogP contribution in [0.15, 0.2) is 12.1 Å². The van der Waals surface area contributed by atoms with Gasteiger partial charge in [0.25, 0.3) is 0 Å². The Hall–Kier alpha value is -0.693. The average molecular weight is 359 g/mol. The van der Waals surface area contributed by atoms with Crippen LogP contribution in [0.3, 0.4) is 0 Å². The van der Waals surface area contributed by atoms with Gasteiger partial charge in [0.2, 0.25) is 0 Å². The molecule has 0 saturated carbocycles. The maximum absolute atomic E-state index is 11.6. The molecule has 0 spiro atoms. The summed E-state index contributed by atoms with van der Waals surface area (Å²) < 4.78 is 11.0.